The zero-order valence-corrected chi connectivity index (χ0v) is 20.7. The van der Waals surface area contributed by atoms with Crippen molar-refractivity contribution in [3.8, 4) is 5.75 Å². The maximum Gasteiger partial charge on any atom is 0.341 e. The standard InChI is InChI=1S/C28H25BrF2O4/c1-16(2)20-14-21(17-6-4-3-5-7-17)26(18-8-10-19(30)11-9-18)35-27(20)25-23(31)13-12-22(29)28(25)34-15-24(32)33/h3-13,20-21,26-27H,1,14-15H2,2H3,(H,32,33)/t20-,21-,26+,27+/m1/s1. The molecule has 1 N–H and O–H groups in total. The molecule has 182 valence electrons. The van der Waals surface area contributed by atoms with Crippen LogP contribution >= 0.6 is 15.9 Å². The summed E-state index contributed by atoms with van der Waals surface area (Å²) >= 11 is 3.37. The van der Waals surface area contributed by atoms with Gasteiger partial charge in [0.1, 0.15) is 17.4 Å². The Kier molecular flexibility index (Phi) is 7.67. The summed E-state index contributed by atoms with van der Waals surface area (Å²) in [6, 6.07) is 18.7. The molecule has 1 saturated heterocycles. The van der Waals surface area contributed by atoms with Crippen LogP contribution in [0.2, 0.25) is 0 Å². The number of carbonyl (C=O) groups is 1. The number of aliphatic carboxylic acids is 1. The Labute approximate surface area is 211 Å². The van der Waals surface area contributed by atoms with E-state index in [1.807, 2.05) is 37.3 Å². The Balaban J connectivity index is 1.84. The molecule has 0 radical (unpaired) electrons. The fourth-order valence-electron chi connectivity index (χ4n) is 4.67. The summed E-state index contributed by atoms with van der Waals surface area (Å²) in [7, 11) is 0. The maximum absolute atomic E-state index is 15.4. The first-order valence-corrected chi connectivity index (χ1v) is 12.0. The molecule has 3 aromatic rings. The molecule has 1 fully saturated rings. The summed E-state index contributed by atoms with van der Waals surface area (Å²) in [5.74, 6) is -2.41. The molecule has 35 heavy (non-hydrogen) atoms. The number of hydrogen-bond acceptors (Lipinski definition) is 3. The van der Waals surface area contributed by atoms with Gasteiger partial charge in [-0.2, -0.15) is 0 Å². The zero-order chi connectivity index (χ0) is 25.1. The quantitative estimate of drug-likeness (QED) is 0.316. The van der Waals surface area contributed by atoms with Crippen molar-refractivity contribution >= 4 is 21.9 Å². The Morgan fingerprint density at radius 2 is 1.74 bits per heavy atom. The molecule has 0 saturated carbocycles. The molecule has 4 rings (SSSR count). The number of carboxylic acid groups (broad SMARTS) is 1. The van der Waals surface area contributed by atoms with Crippen LogP contribution in [0.5, 0.6) is 5.75 Å². The third kappa shape index (κ3) is 5.46. The van der Waals surface area contributed by atoms with Crippen LogP contribution in [-0.2, 0) is 9.53 Å². The third-order valence-electron chi connectivity index (χ3n) is 6.31. The molecule has 7 heteroatoms. The molecule has 0 amide bonds. The first-order valence-electron chi connectivity index (χ1n) is 11.2. The normalized spacial score (nSPS) is 21.9. The molecule has 1 heterocycles. The van der Waals surface area contributed by atoms with Crippen molar-refractivity contribution in [3.63, 3.8) is 0 Å². The number of rotatable bonds is 7. The van der Waals surface area contributed by atoms with Gasteiger partial charge in [-0.05, 0) is 64.7 Å². The van der Waals surface area contributed by atoms with E-state index in [0.717, 1.165) is 16.7 Å². The van der Waals surface area contributed by atoms with Gasteiger partial charge in [0.05, 0.1) is 22.2 Å². The number of ether oxygens (including phenoxy) is 2. The molecule has 4 atom stereocenters. The fourth-order valence-corrected chi connectivity index (χ4v) is 5.13. The first kappa shape index (κ1) is 25.1. The average molecular weight is 543 g/mol. The zero-order valence-electron chi connectivity index (χ0n) is 19.1. The number of benzene rings is 3. The van der Waals surface area contributed by atoms with Crippen molar-refractivity contribution in [3.05, 3.63) is 112 Å². The highest BCUT2D eigenvalue weighted by Gasteiger charge is 2.43. The van der Waals surface area contributed by atoms with Crippen LogP contribution in [0, 0.1) is 17.6 Å². The summed E-state index contributed by atoms with van der Waals surface area (Å²) in [5.41, 5.74) is 2.74. The van der Waals surface area contributed by atoms with Crippen LogP contribution < -0.4 is 4.74 Å². The van der Waals surface area contributed by atoms with E-state index in [1.54, 1.807) is 12.1 Å². The van der Waals surface area contributed by atoms with E-state index in [9.17, 15) is 9.18 Å². The highest BCUT2D eigenvalue weighted by atomic mass is 79.9. The van der Waals surface area contributed by atoms with Crippen molar-refractivity contribution in [2.45, 2.75) is 31.5 Å². The van der Waals surface area contributed by atoms with Gasteiger partial charge in [-0.3, -0.25) is 0 Å². The predicted octanol–water partition coefficient (Wildman–Crippen LogP) is 7.37. The predicted molar refractivity (Wildman–Crippen MR) is 132 cm³/mol. The van der Waals surface area contributed by atoms with Crippen LogP contribution in [0.15, 0.2) is 83.4 Å². The van der Waals surface area contributed by atoms with E-state index >= 15 is 4.39 Å². The Hall–Kier alpha value is -3.03. The second-order valence-corrected chi connectivity index (χ2v) is 9.54. The number of carboxylic acids is 1. The second kappa shape index (κ2) is 10.7. The van der Waals surface area contributed by atoms with E-state index < -0.39 is 30.6 Å². The van der Waals surface area contributed by atoms with E-state index in [2.05, 4.69) is 22.5 Å². The van der Waals surface area contributed by atoms with Crippen molar-refractivity contribution in [1.29, 1.82) is 0 Å². The van der Waals surface area contributed by atoms with E-state index in [4.69, 9.17) is 14.6 Å². The molecule has 0 aliphatic carbocycles. The van der Waals surface area contributed by atoms with Crippen molar-refractivity contribution in [1.82, 2.24) is 0 Å². The van der Waals surface area contributed by atoms with Crippen LogP contribution in [0.3, 0.4) is 0 Å². The second-order valence-electron chi connectivity index (χ2n) is 8.69. The molecule has 1 aliphatic rings. The highest BCUT2D eigenvalue weighted by Crippen LogP contribution is 2.54. The molecular weight excluding hydrogens is 518 g/mol. The van der Waals surface area contributed by atoms with Gasteiger partial charge < -0.3 is 14.6 Å². The fraction of sp³-hybridized carbons (Fsp3) is 0.250. The van der Waals surface area contributed by atoms with Crippen LogP contribution in [0.4, 0.5) is 8.78 Å². The molecule has 3 aromatic carbocycles. The largest absolute Gasteiger partial charge is 0.480 e. The molecule has 0 bridgehead atoms. The lowest BCUT2D eigenvalue weighted by atomic mass is 9.74. The smallest absolute Gasteiger partial charge is 0.341 e. The minimum atomic E-state index is -1.18. The average Bonchev–Trinajstić information content (AvgIpc) is 2.84. The van der Waals surface area contributed by atoms with E-state index in [1.165, 1.54) is 24.3 Å². The molecule has 4 nitrogen and oxygen atoms in total. The SMILES string of the molecule is C=C(C)[C@H]1C[C@H](c2ccccc2)[C@H](c2ccc(F)cc2)O[C@@H]1c1c(F)ccc(Br)c1OCC(=O)O. The topological polar surface area (TPSA) is 55.8 Å². The molecule has 0 unspecified atom stereocenters. The van der Waals surface area contributed by atoms with Crippen molar-refractivity contribution in [2.24, 2.45) is 5.92 Å². The minimum Gasteiger partial charge on any atom is -0.480 e. The van der Waals surface area contributed by atoms with Crippen molar-refractivity contribution in [2.75, 3.05) is 6.61 Å². The van der Waals surface area contributed by atoms with Crippen molar-refractivity contribution < 1.29 is 28.2 Å². The monoisotopic (exact) mass is 542 g/mol. The van der Waals surface area contributed by atoms with Crippen LogP contribution in [0.25, 0.3) is 0 Å². The Morgan fingerprint density at radius 3 is 2.37 bits per heavy atom. The third-order valence-corrected chi connectivity index (χ3v) is 6.94. The van der Waals surface area contributed by atoms with Crippen LogP contribution in [-0.4, -0.2) is 17.7 Å². The summed E-state index contributed by atoms with van der Waals surface area (Å²) in [4.78, 5) is 11.2. The summed E-state index contributed by atoms with van der Waals surface area (Å²) in [6.45, 7) is 5.39. The van der Waals surface area contributed by atoms with Gasteiger partial charge in [0, 0.05) is 11.8 Å². The summed E-state index contributed by atoms with van der Waals surface area (Å²) < 4.78 is 41.7. The number of halogens is 3. The van der Waals surface area contributed by atoms with Gasteiger partial charge in [-0.1, -0.05) is 54.6 Å². The van der Waals surface area contributed by atoms with E-state index in [-0.39, 0.29) is 29.0 Å². The highest BCUT2D eigenvalue weighted by molar-refractivity contribution is 9.10. The van der Waals surface area contributed by atoms with Gasteiger partial charge >= 0.3 is 5.97 Å². The first-order chi connectivity index (χ1) is 16.8. The molecule has 0 aromatic heterocycles. The Bertz CT molecular complexity index is 1210. The summed E-state index contributed by atoms with van der Waals surface area (Å²) in [6.07, 6.45) is -0.718. The van der Waals surface area contributed by atoms with Gasteiger partial charge in [-0.25, -0.2) is 13.6 Å². The molecule has 1 aliphatic heterocycles. The van der Waals surface area contributed by atoms with Crippen LogP contribution in [0.1, 0.15) is 48.2 Å². The van der Waals surface area contributed by atoms with Gasteiger partial charge in [0.25, 0.3) is 0 Å². The maximum atomic E-state index is 15.4. The molecule has 0 spiro atoms. The lowest BCUT2D eigenvalue weighted by molar-refractivity contribution is -0.139. The van der Waals surface area contributed by atoms with Gasteiger partial charge in [0.15, 0.2) is 6.61 Å². The lowest BCUT2D eigenvalue weighted by Gasteiger charge is -2.43. The number of hydrogen-bond donors (Lipinski definition) is 1. The lowest BCUT2D eigenvalue weighted by Crippen LogP contribution is -2.32. The summed E-state index contributed by atoms with van der Waals surface area (Å²) in [5, 5.41) is 9.14. The van der Waals surface area contributed by atoms with E-state index in [0.29, 0.717) is 10.9 Å². The molecular formula is C28H25BrF2O4. The van der Waals surface area contributed by atoms with Gasteiger partial charge in [-0.15, -0.1) is 0 Å². The Morgan fingerprint density at radius 1 is 1.06 bits per heavy atom. The minimum absolute atomic E-state index is 0.0830. The van der Waals surface area contributed by atoms with Gasteiger partial charge in [0.2, 0.25) is 0 Å².